The number of aromatic nitrogens is 2. The molecule has 1 atom stereocenters. The fourth-order valence-corrected chi connectivity index (χ4v) is 4.74. The van der Waals surface area contributed by atoms with Crippen molar-refractivity contribution < 1.29 is 24.1 Å². The Balaban J connectivity index is 1.45. The summed E-state index contributed by atoms with van der Waals surface area (Å²) in [6.07, 6.45) is 9.77. The van der Waals surface area contributed by atoms with E-state index in [-0.39, 0.29) is 36.5 Å². The van der Waals surface area contributed by atoms with E-state index in [0.29, 0.717) is 46.2 Å². The van der Waals surface area contributed by atoms with Crippen LogP contribution < -0.4 is 4.74 Å². The van der Waals surface area contributed by atoms with E-state index in [4.69, 9.17) is 16.3 Å². The molecule has 0 radical (unpaired) electrons. The Labute approximate surface area is 206 Å². The Morgan fingerprint density at radius 1 is 1.37 bits per heavy atom. The number of nitrogens with zero attached hydrogens (tertiary/aromatic N) is 2. The summed E-state index contributed by atoms with van der Waals surface area (Å²) in [6, 6.07) is 4.86. The number of rotatable bonds is 6. The maximum Gasteiger partial charge on any atom is 0.336 e. The number of carboxylic acids is 1. The highest BCUT2D eigenvalue weighted by molar-refractivity contribution is 6.33. The van der Waals surface area contributed by atoms with Gasteiger partial charge >= 0.3 is 5.97 Å². The van der Waals surface area contributed by atoms with Crippen molar-refractivity contribution in [3.05, 3.63) is 92.7 Å². The standard InChI is InChI=1S/C26H23ClFN3O4/c1-14-2-3-16(11-17(14)25(33)34)35-26-29-22-5-4-20(27)18(12-23(22)30-26)19-10-15-6-7-31(8-9-32)24(15)13-21(19)28/h2-4,6-7,10-12,24,32H,5,8-9,13H2,1H3,(H,29,30)(H,33,34). The van der Waals surface area contributed by atoms with Crippen molar-refractivity contribution in [2.24, 2.45) is 0 Å². The number of carboxylic acid groups (broad SMARTS) is 1. The normalized spacial score (nSPS) is 19.0. The third kappa shape index (κ3) is 4.42. The minimum atomic E-state index is -1.04. The van der Waals surface area contributed by atoms with Gasteiger partial charge in [0.2, 0.25) is 0 Å². The monoisotopic (exact) mass is 495 g/mol. The predicted octanol–water partition coefficient (Wildman–Crippen LogP) is 5.01. The number of nitrogens with one attached hydrogen (secondary N) is 1. The molecule has 2 heterocycles. The van der Waals surface area contributed by atoms with Crippen LogP contribution in [0.3, 0.4) is 0 Å². The second kappa shape index (κ2) is 9.20. The molecular formula is C26H23ClFN3O4. The van der Waals surface area contributed by atoms with Crippen LogP contribution in [0.25, 0.3) is 6.08 Å². The molecule has 0 saturated carbocycles. The molecule has 0 fully saturated rings. The van der Waals surface area contributed by atoms with Gasteiger partial charge in [0, 0.05) is 47.5 Å². The zero-order valence-electron chi connectivity index (χ0n) is 18.9. The number of fused-ring (bicyclic) bond motifs is 2. The fourth-order valence-electron chi connectivity index (χ4n) is 4.50. The van der Waals surface area contributed by atoms with Crippen molar-refractivity contribution in [3.8, 4) is 11.8 Å². The van der Waals surface area contributed by atoms with E-state index in [0.717, 1.165) is 11.3 Å². The zero-order valence-corrected chi connectivity index (χ0v) is 19.6. The van der Waals surface area contributed by atoms with Crippen molar-refractivity contribution in [1.82, 2.24) is 14.9 Å². The number of aliphatic hydroxyl groups is 1. The van der Waals surface area contributed by atoms with Crippen LogP contribution in [0.15, 0.2) is 70.2 Å². The molecule has 0 saturated heterocycles. The summed E-state index contributed by atoms with van der Waals surface area (Å²) in [4.78, 5) is 21.0. The fraction of sp³-hybridized carbons (Fsp3) is 0.231. The molecule has 3 N–H and O–H groups in total. The maximum absolute atomic E-state index is 15.3. The summed E-state index contributed by atoms with van der Waals surface area (Å²) in [7, 11) is 0. The van der Waals surface area contributed by atoms with E-state index in [1.165, 1.54) is 6.07 Å². The first kappa shape index (κ1) is 23.1. The number of aliphatic hydroxyl groups excluding tert-OH is 1. The summed E-state index contributed by atoms with van der Waals surface area (Å²) in [6.45, 7) is 2.16. The van der Waals surface area contributed by atoms with Crippen LogP contribution in [-0.4, -0.2) is 50.2 Å². The van der Waals surface area contributed by atoms with Crippen LogP contribution in [0.5, 0.6) is 11.8 Å². The lowest BCUT2D eigenvalue weighted by Crippen LogP contribution is -2.32. The minimum absolute atomic E-state index is 0.00141. The first-order valence-electron chi connectivity index (χ1n) is 11.2. The van der Waals surface area contributed by atoms with Crippen LogP contribution >= 0.6 is 11.6 Å². The molecule has 3 aliphatic rings. The van der Waals surface area contributed by atoms with Crippen molar-refractivity contribution in [2.45, 2.75) is 25.8 Å². The van der Waals surface area contributed by atoms with Crippen LogP contribution in [0.2, 0.25) is 0 Å². The summed E-state index contributed by atoms with van der Waals surface area (Å²) in [5.41, 5.74) is 4.00. The number of ether oxygens (including phenoxy) is 1. The first-order valence-corrected chi connectivity index (χ1v) is 11.6. The number of aromatic carboxylic acids is 1. The number of imidazole rings is 1. The molecule has 1 unspecified atom stereocenters. The van der Waals surface area contributed by atoms with E-state index in [1.54, 1.807) is 37.3 Å². The molecule has 2 aliphatic carbocycles. The summed E-state index contributed by atoms with van der Waals surface area (Å²) >= 11 is 6.56. The Hall–Kier alpha value is -3.62. The molecule has 0 amide bonds. The van der Waals surface area contributed by atoms with Crippen molar-refractivity contribution in [2.75, 3.05) is 13.2 Å². The van der Waals surface area contributed by atoms with Gasteiger partial charge in [-0.15, -0.1) is 0 Å². The lowest BCUT2D eigenvalue weighted by Gasteiger charge is -2.29. The van der Waals surface area contributed by atoms with E-state index in [1.807, 2.05) is 17.2 Å². The molecule has 0 bridgehead atoms. The molecule has 9 heteroatoms. The molecule has 35 heavy (non-hydrogen) atoms. The second-order valence-electron chi connectivity index (χ2n) is 8.56. The van der Waals surface area contributed by atoms with E-state index in [2.05, 4.69) is 9.97 Å². The van der Waals surface area contributed by atoms with Crippen LogP contribution in [0.4, 0.5) is 4.39 Å². The van der Waals surface area contributed by atoms with Gasteiger partial charge in [-0.3, -0.25) is 0 Å². The Morgan fingerprint density at radius 3 is 2.97 bits per heavy atom. The topological polar surface area (TPSA) is 98.7 Å². The molecule has 7 nitrogen and oxygen atoms in total. The SMILES string of the molecule is Cc1ccc(Oc2nc3c([nH]2)CC=C(Cl)C(C2=C(F)CC4C(=C2)C=CN4CCO)=C3)cc1C(=O)O. The van der Waals surface area contributed by atoms with Crippen molar-refractivity contribution in [3.63, 3.8) is 0 Å². The third-order valence-corrected chi connectivity index (χ3v) is 6.69. The number of hydrogen-bond donors (Lipinski definition) is 3. The number of β-amino-alcohol motifs (C(OH)–C–C–N with tert-alkyl or cyclic N) is 1. The highest BCUT2D eigenvalue weighted by Crippen LogP contribution is 2.40. The molecule has 180 valence electrons. The number of aryl methyl sites for hydroxylation is 1. The van der Waals surface area contributed by atoms with E-state index in [9.17, 15) is 15.0 Å². The highest BCUT2D eigenvalue weighted by atomic mass is 35.5. The van der Waals surface area contributed by atoms with E-state index >= 15 is 4.39 Å². The average molecular weight is 496 g/mol. The van der Waals surface area contributed by atoms with Gasteiger partial charge in [0.1, 0.15) is 11.6 Å². The molecule has 0 spiro atoms. The number of carbonyl (C=O) groups is 1. The average Bonchev–Trinajstić information content (AvgIpc) is 3.35. The Morgan fingerprint density at radius 2 is 2.20 bits per heavy atom. The van der Waals surface area contributed by atoms with Gasteiger partial charge in [-0.05, 0) is 48.4 Å². The van der Waals surface area contributed by atoms with Crippen LogP contribution in [0.1, 0.15) is 33.7 Å². The number of allylic oxidation sites excluding steroid dienone is 5. The minimum Gasteiger partial charge on any atom is -0.478 e. The van der Waals surface area contributed by atoms with Gasteiger partial charge in [-0.1, -0.05) is 23.7 Å². The molecule has 1 aromatic heterocycles. The molecular weight excluding hydrogens is 473 g/mol. The zero-order chi connectivity index (χ0) is 24.7. The number of H-pyrrole nitrogens is 1. The number of halogens is 2. The lowest BCUT2D eigenvalue weighted by atomic mass is 9.90. The number of benzene rings is 1. The Bertz CT molecular complexity index is 1370. The summed E-state index contributed by atoms with van der Waals surface area (Å²) in [5, 5.41) is 19.0. The van der Waals surface area contributed by atoms with Gasteiger partial charge in [0.15, 0.2) is 0 Å². The van der Waals surface area contributed by atoms with Crippen LogP contribution in [0, 0.1) is 6.92 Å². The Kier molecular flexibility index (Phi) is 6.08. The lowest BCUT2D eigenvalue weighted by molar-refractivity contribution is 0.0695. The van der Waals surface area contributed by atoms with Crippen molar-refractivity contribution in [1.29, 1.82) is 0 Å². The molecule has 1 aliphatic heterocycles. The molecule has 1 aromatic carbocycles. The quantitative estimate of drug-likeness (QED) is 0.521. The second-order valence-corrected chi connectivity index (χ2v) is 8.97. The first-order chi connectivity index (χ1) is 16.8. The van der Waals surface area contributed by atoms with Crippen molar-refractivity contribution >= 4 is 23.6 Å². The highest BCUT2D eigenvalue weighted by Gasteiger charge is 2.31. The summed E-state index contributed by atoms with van der Waals surface area (Å²) in [5.74, 6) is -0.974. The molecule has 2 aromatic rings. The van der Waals surface area contributed by atoms with Gasteiger partial charge < -0.3 is 24.8 Å². The van der Waals surface area contributed by atoms with Gasteiger partial charge in [-0.25, -0.2) is 9.18 Å². The van der Waals surface area contributed by atoms with Crippen LogP contribution in [-0.2, 0) is 6.42 Å². The third-order valence-electron chi connectivity index (χ3n) is 6.33. The summed E-state index contributed by atoms with van der Waals surface area (Å²) < 4.78 is 21.1. The number of aromatic amines is 1. The molecule has 5 rings (SSSR count). The van der Waals surface area contributed by atoms with E-state index < -0.39 is 5.97 Å². The largest absolute Gasteiger partial charge is 0.478 e. The van der Waals surface area contributed by atoms with Gasteiger partial charge in [0.05, 0.1) is 23.9 Å². The van der Waals surface area contributed by atoms with Gasteiger partial charge in [0.25, 0.3) is 6.01 Å². The van der Waals surface area contributed by atoms with Gasteiger partial charge in [-0.2, -0.15) is 4.98 Å². The predicted molar refractivity (Wildman–Crippen MR) is 130 cm³/mol. The maximum atomic E-state index is 15.3. The number of hydrogen-bond acceptors (Lipinski definition) is 5. The smallest absolute Gasteiger partial charge is 0.336 e.